The molecule has 24 heavy (non-hydrogen) atoms. The third-order valence-electron chi connectivity index (χ3n) is 3.85. The summed E-state index contributed by atoms with van der Waals surface area (Å²) in [6, 6.07) is 4.72. The standard InChI is InChI=1S/C16H19F3N2O2S/c1-3-5-6-14-11-21(24(22,23)16(17,18)19)10-13-9-12(4-2)7-8-15(13)20-14/h3-4,7-9,14,20H,1-2,5-6,10-11H2. The molecule has 0 aliphatic carbocycles. The van der Waals surface area contributed by atoms with Crippen molar-refractivity contribution in [1.29, 1.82) is 0 Å². The van der Waals surface area contributed by atoms with Gasteiger partial charge in [-0.15, -0.1) is 6.58 Å². The zero-order chi connectivity index (χ0) is 18.0. The number of benzene rings is 1. The third-order valence-corrected chi connectivity index (χ3v) is 5.39. The van der Waals surface area contributed by atoms with Gasteiger partial charge in [0, 0.05) is 24.8 Å². The smallest absolute Gasteiger partial charge is 0.381 e. The van der Waals surface area contributed by atoms with Crippen molar-refractivity contribution in [2.45, 2.75) is 30.9 Å². The Bertz CT molecular complexity index is 729. The summed E-state index contributed by atoms with van der Waals surface area (Å²) in [7, 11) is -5.40. The Kier molecular flexibility index (Phi) is 5.39. The minimum absolute atomic E-state index is 0.256. The second-order valence-corrected chi connectivity index (χ2v) is 7.50. The predicted octanol–water partition coefficient (Wildman–Crippen LogP) is 3.74. The molecular weight excluding hydrogens is 341 g/mol. The Morgan fingerprint density at radius 3 is 2.62 bits per heavy atom. The minimum Gasteiger partial charge on any atom is -0.381 e. The highest BCUT2D eigenvalue weighted by atomic mass is 32.2. The van der Waals surface area contributed by atoms with E-state index in [0.717, 1.165) is 0 Å². The van der Waals surface area contributed by atoms with Gasteiger partial charge in [-0.05, 0) is 36.1 Å². The van der Waals surface area contributed by atoms with E-state index in [1.54, 1.807) is 30.4 Å². The molecule has 132 valence electrons. The number of hydrogen-bond donors (Lipinski definition) is 1. The maximum absolute atomic E-state index is 13.0. The third kappa shape index (κ3) is 3.81. The van der Waals surface area contributed by atoms with Gasteiger partial charge in [0.1, 0.15) is 0 Å². The van der Waals surface area contributed by atoms with Crippen LogP contribution in [-0.4, -0.2) is 30.8 Å². The van der Waals surface area contributed by atoms with Gasteiger partial charge in [0.25, 0.3) is 0 Å². The highest BCUT2D eigenvalue weighted by Crippen LogP contribution is 2.32. The monoisotopic (exact) mass is 360 g/mol. The fraction of sp³-hybridized carbons (Fsp3) is 0.375. The molecule has 4 nitrogen and oxygen atoms in total. The Hall–Kier alpha value is -1.80. The molecule has 1 unspecified atom stereocenters. The van der Waals surface area contributed by atoms with E-state index in [1.165, 1.54) is 0 Å². The normalized spacial score (nSPS) is 19.0. The SMILES string of the molecule is C=CCCC1CN(S(=O)(=O)C(F)(F)F)Cc2cc(C=C)ccc2N1. The zero-order valence-corrected chi connectivity index (χ0v) is 13.8. The lowest BCUT2D eigenvalue weighted by Gasteiger charge is -2.24. The first-order chi connectivity index (χ1) is 11.2. The van der Waals surface area contributed by atoms with Gasteiger partial charge in [-0.1, -0.05) is 24.8 Å². The van der Waals surface area contributed by atoms with Crippen molar-refractivity contribution in [3.8, 4) is 0 Å². The van der Waals surface area contributed by atoms with Crippen LogP contribution in [0.3, 0.4) is 0 Å². The van der Waals surface area contributed by atoms with Crippen molar-refractivity contribution in [2.75, 3.05) is 11.9 Å². The van der Waals surface area contributed by atoms with Crippen molar-refractivity contribution < 1.29 is 21.6 Å². The lowest BCUT2D eigenvalue weighted by atomic mass is 10.1. The van der Waals surface area contributed by atoms with Crippen molar-refractivity contribution in [1.82, 2.24) is 4.31 Å². The number of sulfonamides is 1. The number of allylic oxidation sites excluding steroid dienone is 1. The number of anilines is 1. The average Bonchev–Trinajstić information content (AvgIpc) is 2.70. The quantitative estimate of drug-likeness (QED) is 0.814. The molecule has 1 aliphatic heterocycles. The zero-order valence-electron chi connectivity index (χ0n) is 13.0. The first-order valence-electron chi connectivity index (χ1n) is 7.38. The second kappa shape index (κ2) is 6.98. The summed E-state index contributed by atoms with van der Waals surface area (Å²) < 4.78 is 63.2. The van der Waals surface area contributed by atoms with E-state index in [0.29, 0.717) is 34.0 Å². The van der Waals surface area contributed by atoms with Gasteiger partial charge in [0.2, 0.25) is 0 Å². The van der Waals surface area contributed by atoms with Gasteiger partial charge in [-0.3, -0.25) is 0 Å². The molecule has 8 heteroatoms. The van der Waals surface area contributed by atoms with Crippen molar-refractivity contribution >= 4 is 21.8 Å². The highest BCUT2D eigenvalue weighted by molar-refractivity contribution is 7.89. The van der Waals surface area contributed by atoms with Gasteiger partial charge >= 0.3 is 15.5 Å². The van der Waals surface area contributed by atoms with Crippen LogP contribution in [0.15, 0.2) is 37.4 Å². The van der Waals surface area contributed by atoms with Crippen molar-refractivity contribution in [3.63, 3.8) is 0 Å². The summed E-state index contributed by atoms with van der Waals surface area (Å²) in [6.45, 7) is 6.62. The van der Waals surface area contributed by atoms with Crippen LogP contribution in [0.1, 0.15) is 24.0 Å². The molecule has 2 rings (SSSR count). The Morgan fingerprint density at radius 1 is 1.33 bits per heavy atom. The summed E-state index contributed by atoms with van der Waals surface area (Å²) in [6.07, 6.45) is 4.26. The number of halogens is 3. The molecule has 1 aromatic rings. The van der Waals surface area contributed by atoms with E-state index < -0.39 is 21.6 Å². The summed E-state index contributed by atoms with van der Waals surface area (Å²) in [5.41, 5.74) is -3.49. The largest absolute Gasteiger partial charge is 0.511 e. The highest BCUT2D eigenvalue weighted by Gasteiger charge is 2.50. The van der Waals surface area contributed by atoms with Crippen LogP contribution in [0.5, 0.6) is 0 Å². The average molecular weight is 360 g/mol. The molecule has 1 aliphatic rings. The molecule has 0 saturated carbocycles. The molecule has 1 N–H and O–H groups in total. The molecule has 0 aromatic heterocycles. The van der Waals surface area contributed by atoms with E-state index in [2.05, 4.69) is 18.5 Å². The number of alkyl halides is 3. The molecule has 0 fully saturated rings. The molecule has 0 radical (unpaired) electrons. The molecule has 0 spiro atoms. The summed E-state index contributed by atoms with van der Waals surface area (Å²) in [5.74, 6) is 0. The molecule has 0 bridgehead atoms. The van der Waals surface area contributed by atoms with Gasteiger partial charge in [0.15, 0.2) is 0 Å². The Morgan fingerprint density at radius 2 is 2.04 bits per heavy atom. The van der Waals surface area contributed by atoms with E-state index >= 15 is 0 Å². The summed E-state index contributed by atoms with van der Waals surface area (Å²) in [5, 5.41) is 3.14. The van der Waals surface area contributed by atoms with E-state index in [9.17, 15) is 21.6 Å². The second-order valence-electron chi connectivity index (χ2n) is 5.57. The fourth-order valence-electron chi connectivity index (χ4n) is 2.59. The number of rotatable bonds is 5. The fourth-order valence-corrected chi connectivity index (χ4v) is 3.57. The van der Waals surface area contributed by atoms with Crippen LogP contribution in [0.4, 0.5) is 18.9 Å². The van der Waals surface area contributed by atoms with Crippen LogP contribution in [0.25, 0.3) is 6.08 Å². The van der Waals surface area contributed by atoms with Crippen molar-refractivity contribution in [2.24, 2.45) is 0 Å². The van der Waals surface area contributed by atoms with E-state index in [-0.39, 0.29) is 13.1 Å². The molecule has 0 saturated heterocycles. The van der Waals surface area contributed by atoms with Crippen LogP contribution in [0, 0.1) is 0 Å². The molecule has 0 amide bonds. The predicted molar refractivity (Wildman–Crippen MR) is 88.8 cm³/mol. The number of nitrogens with zero attached hydrogens (tertiary/aromatic N) is 1. The van der Waals surface area contributed by atoms with Gasteiger partial charge < -0.3 is 5.32 Å². The van der Waals surface area contributed by atoms with E-state index in [1.807, 2.05) is 0 Å². The summed E-state index contributed by atoms with van der Waals surface area (Å²) >= 11 is 0. The first-order valence-corrected chi connectivity index (χ1v) is 8.82. The Balaban J connectivity index is 2.44. The van der Waals surface area contributed by atoms with Gasteiger partial charge in [-0.25, -0.2) is 8.42 Å². The lowest BCUT2D eigenvalue weighted by molar-refractivity contribution is -0.0491. The maximum Gasteiger partial charge on any atom is 0.511 e. The first kappa shape index (κ1) is 18.5. The molecule has 1 aromatic carbocycles. The number of nitrogens with one attached hydrogen (secondary N) is 1. The number of fused-ring (bicyclic) bond motifs is 1. The van der Waals surface area contributed by atoms with E-state index in [4.69, 9.17) is 0 Å². The minimum atomic E-state index is -5.40. The molecule has 1 atom stereocenters. The lowest BCUT2D eigenvalue weighted by Crippen LogP contribution is -2.44. The van der Waals surface area contributed by atoms with Gasteiger partial charge in [-0.2, -0.15) is 17.5 Å². The van der Waals surface area contributed by atoms with Crippen LogP contribution in [-0.2, 0) is 16.6 Å². The summed E-state index contributed by atoms with van der Waals surface area (Å²) in [4.78, 5) is 0. The maximum atomic E-state index is 13.0. The van der Waals surface area contributed by atoms with Crippen LogP contribution in [0.2, 0.25) is 0 Å². The number of hydrogen-bond acceptors (Lipinski definition) is 3. The van der Waals surface area contributed by atoms with Crippen LogP contribution < -0.4 is 5.32 Å². The van der Waals surface area contributed by atoms with Crippen LogP contribution >= 0.6 is 0 Å². The topological polar surface area (TPSA) is 49.4 Å². The molecular formula is C16H19F3N2O2S. The molecule has 1 heterocycles. The van der Waals surface area contributed by atoms with Crippen molar-refractivity contribution in [3.05, 3.63) is 48.6 Å². The van der Waals surface area contributed by atoms with Gasteiger partial charge in [0.05, 0.1) is 0 Å². The Labute approximate surface area is 139 Å².